The number of ketones is 1. The highest BCUT2D eigenvalue weighted by Crippen LogP contribution is 2.44. The van der Waals surface area contributed by atoms with Gasteiger partial charge in [0.1, 0.15) is 22.4 Å². The molecule has 1 aromatic heterocycles. The second-order valence-electron chi connectivity index (χ2n) is 11.8. The number of amides is 1. The molecule has 4 rings (SSSR count). The van der Waals surface area contributed by atoms with Crippen LogP contribution >= 0.6 is 10.9 Å². The smallest absolute Gasteiger partial charge is 0.252 e. The summed E-state index contributed by atoms with van der Waals surface area (Å²) >= 11 is 0. The molecular weight excluding hydrogens is 592 g/mol. The number of pyridine rings is 1. The summed E-state index contributed by atoms with van der Waals surface area (Å²) in [7, 11) is -3.88. The number of aromatic nitrogens is 1. The Morgan fingerprint density at radius 1 is 1.11 bits per heavy atom. The van der Waals surface area contributed by atoms with Crippen LogP contribution in [0.5, 0.6) is 5.75 Å². The van der Waals surface area contributed by atoms with Crippen molar-refractivity contribution in [2.45, 2.75) is 63.7 Å². The lowest BCUT2D eigenvalue weighted by Gasteiger charge is -2.25. The van der Waals surface area contributed by atoms with Crippen molar-refractivity contribution in [3.63, 3.8) is 0 Å². The van der Waals surface area contributed by atoms with Crippen LogP contribution in [-0.4, -0.2) is 49.7 Å². The molecule has 1 amide bonds. The quantitative estimate of drug-likeness (QED) is 0.0503. The average Bonchev–Trinajstić information content (AvgIpc) is 3.01. The van der Waals surface area contributed by atoms with Crippen LogP contribution in [0, 0.1) is 5.41 Å². The molecule has 0 saturated heterocycles. The Hall–Kier alpha value is -4.03. The first-order valence-corrected chi connectivity index (χ1v) is 16.5. The molecule has 1 heterocycles. The lowest BCUT2D eigenvalue weighted by molar-refractivity contribution is 0.0931. The molecule has 0 aliphatic heterocycles. The Bertz CT molecular complexity index is 1530. The Morgan fingerprint density at radius 2 is 1.91 bits per heavy atom. The van der Waals surface area contributed by atoms with Gasteiger partial charge in [0.25, 0.3) is 5.91 Å². The number of benzene rings is 2. The van der Waals surface area contributed by atoms with Gasteiger partial charge in [-0.3, -0.25) is 15.0 Å². The van der Waals surface area contributed by atoms with E-state index in [1.807, 2.05) is 18.2 Å². The number of Topliss-reactive ketones (excluding diaryl/α,β-unsaturated/α-hetero) is 1. The molecule has 2 aromatic carbocycles. The molecule has 0 unspecified atom stereocenters. The van der Waals surface area contributed by atoms with Gasteiger partial charge in [-0.15, -0.1) is 6.58 Å². The lowest BCUT2D eigenvalue weighted by Crippen LogP contribution is -2.34. The van der Waals surface area contributed by atoms with Gasteiger partial charge in [0.2, 0.25) is 0 Å². The molecule has 1 aliphatic rings. The van der Waals surface area contributed by atoms with Crippen LogP contribution in [0.15, 0.2) is 77.4 Å². The number of hydrazone groups is 1. The van der Waals surface area contributed by atoms with Crippen LogP contribution in [0.2, 0.25) is 0 Å². The zero-order chi connectivity index (χ0) is 32.5. The van der Waals surface area contributed by atoms with Gasteiger partial charge >= 0.3 is 0 Å². The van der Waals surface area contributed by atoms with Gasteiger partial charge in [0, 0.05) is 35.9 Å². The average molecular weight is 635 g/mol. The number of unbranched alkanes of at least 4 members (excludes halogenated alkanes) is 1. The maximum atomic E-state index is 12.8. The van der Waals surface area contributed by atoms with E-state index in [1.54, 1.807) is 30.3 Å². The van der Waals surface area contributed by atoms with Gasteiger partial charge in [-0.25, -0.2) is 4.98 Å². The van der Waals surface area contributed by atoms with Gasteiger partial charge in [-0.1, -0.05) is 38.1 Å². The number of carbonyl (C=O) groups is 2. The predicted octanol–water partition coefficient (Wildman–Crippen LogP) is 7.36. The SMILES string of the molecule is C=CCc1c(OCCCCC(C)(C)CNC(=O)c2ccc(N/N=C/c3ccccc3S(O)(O)O)nc2)ccc2c1CCCC2=O. The van der Waals surface area contributed by atoms with E-state index in [0.29, 0.717) is 42.9 Å². The van der Waals surface area contributed by atoms with Crippen LogP contribution in [0.3, 0.4) is 0 Å². The number of allylic oxidation sites excluding steroid dienone is 1. The van der Waals surface area contributed by atoms with Crippen molar-refractivity contribution in [3.8, 4) is 5.75 Å². The third-order valence-corrected chi connectivity index (χ3v) is 8.68. The summed E-state index contributed by atoms with van der Waals surface area (Å²) in [6.45, 7) is 9.20. The molecule has 11 heteroatoms. The summed E-state index contributed by atoms with van der Waals surface area (Å²) in [5, 5.41) is 7.04. The van der Waals surface area contributed by atoms with E-state index in [1.165, 1.54) is 18.5 Å². The second kappa shape index (κ2) is 15.3. The van der Waals surface area contributed by atoms with E-state index in [0.717, 1.165) is 54.5 Å². The van der Waals surface area contributed by atoms with Crippen molar-refractivity contribution < 1.29 is 28.0 Å². The Morgan fingerprint density at radius 3 is 2.64 bits per heavy atom. The van der Waals surface area contributed by atoms with E-state index in [4.69, 9.17) is 4.74 Å². The fourth-order valence-electron chi connectivity index (χ4n) is 5.28. The van der Waals surface area contributed by atoms with Crippen LogP contribution in [0.1, 0.15) is 83.4 Å². The first-order chi connectivity index (χ1) is 21.5. The fourth-order valence-corrected chi connectivity index (χ4v) is 5.98. The molecule has 45 heavy (non-hydrogen) atoms. The first kappa shape index (κ1) is 33.9. The van der Waals surface area contributed by atoms with E-state index >= 15 is 0 Å². The third kappa shape index (κ3) is 9.48. The van der Waals surface area contributed by atoms with Crippen molar-refractivity contribution >= 4 is 34.6 Å². The van der Waals surface area contributed by atoms with Crippen molar-refractivity contribution in [1.29, 1.82) is 0 Å². The normalized spacial score (nSPS) is 13.8. The molecule has 0 fully saturated rings. The number of rotatable bonds is 15. The number of fused-ring (bicyclic) bond motifs is 1. The van der Waals surface area contributed by atoms with E-state index in [9.17, 15) is 23.2 Å². The minimum atomic E-state index is -3.88. The number of nitrogens with zero attached hydrogens (tertiary/aromatic N) is 2. The maximum Gasteiger partial charge on any atom is 0.252 e. The van der Waals surface area contributed by atoms with Crippen LogP contribution < -0.4 is 15.5 Å². The lowest BCUT2D eigenvalue weighted by atomic mass is 9.86. The summed E-state index contributed by atoms with van der Waals surface area (Å²) in [4.78, 5) is 29.3. The predicted molar refractivity (Wildman–Crippen MR) is 179 cm³/mol. The van der Waals surface area contributed by atoms with Crippen LogP contribution in [-0.2, 0) is 12.8 Å². The van der Waals surface area contributed by atoms with Crippen molar-refractivity contribution in [3.05, 3.63) is 95.2 Å². The van der Waals surface area contributed by atoms with Crippen LogP contribution in [0.25, 0.3) is 0 Å². The van der Waals surface area contributed by atoms with E-state index in [2.05, 4.69) is 41.3 Å². The topological polar surface area (TPSA) is 153 Å². The second-order valence-corrected chi connectivity index (χ2v) is 13.3. The van der Waals surface area contributed by atoms with Crippen molar-refractivity contribution in [2.75, 3.05) is 18.6 Å². The maximum absolute atomic E-state index is 12.8. The molecule has 0 spiro atoms. The number of anilines is 1. The fraction of sp³-hybridized carbons (Fsp3) is 0.353. The number of ether oxygens (including phenoxy) is 1. The molecule has 0 atom stereocenters. The van der Waals surface area contributed by atoms with Gasteiger partial charge in [-0.2, -0.15) is 5.10 Å². The molecule has 1 aliphatic carbocycles. The minimum Gasteiger partial charge on any atom is -0.493 e. The number of carbonyl (C=O) groups excluding carboxylic acids is 2. The van der Waals surface area contributed by atoms with Gasteiger partial charge in [0.05, 0.1) is 23.3 Å². The van der Waals surface area contributed by atoms with Crippen molar-refractivity contribution in [1.82, 2.24) is 10.3 Å². The Labute approximate surface area is 266 Å². The number of hydrogen-bond donors (Lipinski definition) is 5. The highest BCUT2D eigenvalue weighted by molar-refractivity contribution is 8.19. The minimum absolute atomic E-state index is 0.0330. The zero-order valence-electron chi connectivity index (χ0n) is 25.8. The van der Waals surface area contributed by atoms with E-state index in [-0.39, 0.29) is 22.0 Å². The molecule has 0 saturated carbocycles. The summed E-state index contributed by atoms with van der Waals surface area (Å²) in [5.74, 6) is 1.21. The molecule has 5 N–H and O–H groups in total. The van der Waals surface area contributed by atoms with Crippen molar-refractivity contribution in [2.24, 2.45) is 10.5 Å². The molecule has 3 aromatic rings. The molecule has 0 bridgehead atoms. The molecule has 10 nitrogen and oxygen atoms in total. The number of hydrogen-bond acceptors (Lipinski definition) is 9. The molecule has 0 radical (unpaired) electrons. The van der Waals surface area contributed by atoms with Gasteiger partial charge < -0.3 is 23.7 Å². The molecular formula is C34H42N4O6S. The zero-order valence-corrected chi connectivity index (χ0v) is 26.6. The van der Waals surface area contributed by atoms with E-state index < -0.39 is 10.9 Å². The standard InChI is InChI=1S/C34H42N4O6S/c1-4-10-28-26-12-9-13-29(39)27(26)16-17-30(28)44-20-8-7-19-34(2,3)23-36-33(40)25-15-18-32(35-21-25)38-37-22-24-11-5-6-14-31(24)45(41,42)43/h4-6,11,14-18,21-22,41-43H,1,7-10,12-13,19-20,23H2,2-3H3,(H,35,38)(H,36,40)/b37-22+. The summed E-state index contributed by atoms with van der Waals surface area (Å²) in [6.07, 6.45) is 10.4. The van der Waals surface area contributed by atoms with Gasteiger partial charge in [-0.05, 0) is 79.8 Å². The first-order valence-electron chi connectivity index (χ1n) is 15.0. The summed E-state index contributed by atoms with van der Waals surface area (Å²) in [5.41, 5.74) is 6.37. The Balaban J connectivity index is 1.20. The third-order valence-electron chi connectivity index (χ3n) is 7.72. The number of nitrogens with one attached hydrogen (secondary N) is 2. The van der Waals surface area contributed by atoms with Crippen LogP contribution in [0.4, 0.5) is 5.82 Å². The summed E-state index contributed by atoms with van der Waals surface area (Å²) in [6, 6.07) is 13.3. The van der Waals surface area contributed by atoms with Gasteiger partial charge in [0.15, 0.2) is 5.78 Å². The highest BCUT2D eigenvalue weighted by atomic mass is 32.3. The monoisotopic (exact) mass is 634 g/mol. The molecule has 240 valence electrons. The largest absolute Gasteiger partial charge is 0.493 e. The highest BCUT2D eigenvalue weighted by Gasteiger charge is 2.23. The summed E-state index contributed by atoms with van der Waals surface area (Å²) < 4.78 is 34.9. The Kier molecular flexibility index (Phi) is 11.5.